The molecule has 0 amide bonds. The van der Waals surface area contributed by atoms with E-state index >= 15 is 0 Å². The van der Waals surface area contributed by atoms with Gasteiger partial charge in [0.1, 0.15) is 0 Å². The third-order valence-electron chi connectivity index (χ3n) is 2.80. The largest absolute Gasteiger partial charge is 0.0918 e. The Morgan fingerprint density at radius 2 is 1.89 bits per heavy atom. The first-order valence-electron chi connectivity index (χ1n) is 6.43. The first kappa shape index (κ1) is 14.2. The van der Waals surface area contributed by atoms with Gasteiger partial charge in [-0.3, -0.25) is 0 Å². The van der Waals surface area contributed by atoms with Gasteiger partial charge < -0.3 is 0 Å². The Hall–Kier alpha value is -1.82. The molecule has 0 fully saturated rings. The standard InChI is InChI=1S/C18H22/c1-4-5-7-11-16(2)12-10-13-17(3)18-14-8-6-9-15-18/h4-12,14-15,17H,2,13H2,1,3H3/b5-4-,11-7-,12-10+. The Morgan fingerprint density at radius 3 is 2.56 bits per heavy atom. The van der Waals surface area contributed by atoms with Crippen molar-refractivity contribution >= 4 is 0 Å². The van der Waals surface area contributed by atoms with Crippen molar-refractivity contribution in [3.8, 4) is 0 Å². The summed E-state index contributed by atoms with van der Waals surface area (Å²) in [5.41, 5.74) is 2.42. The van der Waals surface area contributed by atoms with E-state index < -0.39 is 0 Å². The van der Waals surface area contributed by atoms with Crippen LogP contribution in [0.25, 0.3) is 0 Å². The molecule has 0 saturated carbocycles. The van der Waals surface area contributed by atoms with Crippen LogP contribution in [0.1, 0.15) is 31.7 Å². The van der Waals surface area contributed by atoms with Crippen molar-refractivity contribution < 1.29 is 0 Å². The molecule has 1 atom stereocenters. The zero-order valence-corrected chi connectivity index (χ0v) is 11.3. The Bertz CT molecular complexity index is 432. The highest BCUT2D eigenvalue weighted by molar-refractivity contribution is 5.30. The van der Waals surface area contributed by atoms with Gasteiger partial charge in [-0.25, -0.2) is 0 Å². The molecule has 0 radical (unpaired) electrons. The Labute approximate surface area is 111 Å². The second kappa shape index (κ2) is 8.30. The van der Waals surface area contributed by atoms with Gasteiger partial charge in [0.25, 0.3) is 0 Å². The summed E-state index contributed by atoms with van der Waals surface area (Å²) in [5.74, 6) is 0.551. The molecule has 94 valence electrons. The molecule has 0 N–H and O–H groups in total. The highest BCUT2D eigenvalue weighted by Gasteiger charge is 2.01. The van der Waals surface area contributed by atoms with Crippen molar-refractivity contribution in [2.45, 2.75) is 26.2 Å². The lowest BCUT2D eigenvalue weighted by Crippen LogP contribution is -1.90. The second-order valence-corrected chi connectivity index (χ2v) is 4.41. The third kappa shape index (κ3) is 5.49. The average Bonchev–Trinajstić information content (AvgIpc) is 2.40. The maximum Gasteiger partial charge on any atom is -0.0156 e. The zero-order chi connectivity index (χ0) is 13.2. The maximum absolute atomic E-state index is 3.99. The fourth-order valence-electron chi connectivity index (χ4n) is 1.69. The van der Waals surface area contributed by atoms with Crippen LogP contribution in [0.5, 0.6) is 0 Å². The molecular weight excluding hydrogens is 216 g/mol. The summed E-state index contributed by atoms with van der Waals surface area (Å²) in [6.07, 6.45) is 13.4. The first-order valence-corrected chi connectivity index (χ1v) is 6.43. The highest BCUT2D eigenvalue weighted by atomic mass is 14.1. The zero-order valence-electron chi connectivity index (χ0n) is 11.3. The highest BCUT2D eigenvalue weighted by Crippen LogP contribution is 2.18. The molecule has 0 bridgehead atoms. The van der Waals surface area contributed by atoms with Crippen molar-refractivity contribution in [2.75, 3.05) is 0 Å². The minimum atomic E-state index is 0.551. The minimum absolute atomic E-state index is 0.551. The lowest BCUT2D eigenvalue weighted by atomic mass is 9.97. The van der Waals surface area contributed by atoms with Gasteiger partial charge in [0, 0.05) is 0 Å². The van der Waals surface area contributed by atoms with Gasteiger partial charge in [-0.1, -0.05) is 80.3 Å². The molecule has 0 heteroatoms. The fourth-order valence-corrected chi connectivity index (χ4v) is 1.69. The summed E-state index contributed by atoms with van der Waals surface area (Å²) >= 11 is 0. The maximum atomic E-state index is 3.99. The van der Waals surface area contributed by atoms with Crippen molar-refractivity contribution in [2.24, 2.45) is 0 Å². The van der Waals surface area contributed by atoms with E-state index in [1.165, 1.54) is 5.56 Å². The number of hydrogen-bond donors (Lipinski definition) is 0. The molecule has 1 unspecified atom stereocenters. The van der Waals surface area contributed by atoms with Gasteiger partial charge in [0.2, 0.25) is 0 Å². The smallest absolute Gasteiger partial charge is 0.0156 e. The average molecular weight is 238 g/mol. The molecule has 0 heterocycles. The molecular formula is C18H22. The first-order chi connectivity index (χ1) is 8.74. The van der Waals surface area contributed by atoms with Crippen LogP contribution >= 0.6 is 0 Å². The summed E-state index contributed by atoms with van der Waals surface area (Å²) in [6.45, 7) is 8.24. The number of allylic oxidation sites excluding steroid dienone is 7. The monoisotopic (exact) mass is 238 g/mol. The summed E-state index contributed by atoms with van der Waals surface area (Å²) in [4.78, 5) is 0. The van der Waals surface area contributed by atoms with Crippen LogP contribution in [0.3, 0.4) is 0 Å². The van der Waals surface area contributed by atoms with E-state index in [0.717, 1.165) is 12.0 Å². The molecule has 18 heavy (non-hydrogen) atoms. The topological polar surface area (TPSA) is 0 Å². The van der Waals surface area contributed by atoms with Gasteiger partial charge in [-0.15, -0.1) is 0 Å². The van der Waals surface area contributed by atoms with Gasteiger partial charge in [-0.05, 0) is 30.4 Å². The van der Waals surface area contributed by atoms with E-state index in [4.69, 9.17) is 0 Å². The van der Waals surface area contributed by atoms with E-state index in [1.54, 1.807) is 0 Å². The summed E-state index contributed by atoms with van der Waals surface area (Å²) < 4.78 is 0. The number of hydrogen-bond acceptors (Lipinski definition) is 0. The van der Waals surface area contributed by atoms with E-state index in [0.29, 0.717) is 5.92 Å². The van der Waals surface area contributed by atoms with Crippen LogP contribution in [0.2, 0.25) is 0 Å². The summed E-state index contributed by atoms with van der Waals surface area (Å²) in [5, 5.41) is 0. The van der Waals surface area contributed by atoms with Crippen molar-refractivity contribution in [3.63, 3.8) is 0 Å². The van der Waals surface area contributed by atoms with Crippen molar-refractivity contribution in [1.82, 2.24) is 0 Å². The normalized spacial score (nSPS) is 13.7. The molecule has 1 rings (SSSR count). The molecule has 1 aromatic carbocycles. The molecule has 0 aliphatic heterocycles. The molecule has 0 spiro atoms. The van der Waals surface area contributed by atoms with Crippen LogP contribution in [-0.2, 0) is 0 Å². The number of rotatable bonds is 6. The number of benzene rings is 1. The Morgan fingerprint density at radius 1 is 1.17 bits per heavy atom. The second-order valence-electron chi connectivity index (χ2n) is 4.41. The van der Waals surface area contributed by atoms with E-state index in [2.05, 4.69) is 56.0 Å². The molecule has 0 aliphatic rings. The lowest BCUT2D eigenvalue weighted by Gasteiger charge is -2.08. The third-order valence-corrected chi connectivity index (χ3v) is 2.80. The van der Waals surface area contributed by atoms with E-state index in [9.17, 15) is 0 Å². The summed E-state index contributed by atoms with van der Waals surface area (Å²) in [6, 6.07) is 10.6. The van der Waals surface area contributed by atoms with Crippen molar-refractivity contribution in [1.29, 1.82) is 0 Å². The predicted molar refractivity (Wildman–Crippen MR) is 81.7 cm³/mol. The lowest BCUT2D eigenvalue weighted by molar-refractivity contribution is 0.780. The van der Waals surface area contributed by atoms with Crippen LogP contribution in [0.15, 0.2) is 78.9 Å². The minimum Gasteiger partial charge on any atom is -0.0918 e. The van der Waals surface area contributed by atoms with Crippen LogP contribution < -0.4 is 0 Å². The molecule has 0 aliphatic carbocycles. The van der Waals surface area contributed by atoms with Crippen LogP contribution in [0, 0.1) is 0 Å². The van der Waals surface area contributed by atoms with E-state index in [-0.39, 0.29) is 0 Å². The molecule has 0 saturated heterocycles. The van der Waals surface area contributed by atoms with E-state index in [1.807, 2.05) is 31.2 Å². The quantitative estimate of drug-likeness (QED) is 0.580. The molecule has 0 aromatic heterocycles. The fraction of sp³-hybridized carbons (Fsp3) is 0.222. The summed E-state index contributed by atoms with van der Waals surface area (Å²) in [7, 11) is 0. The van der Waals surface area contributed by atoms with Gasteiger partial charge in [0.15, 0.2) is 0 Å². The van der Waals surface area contributed by atoms with Gasteiger partial charge in [-0.2, -0.15) is 0 Å². The molecule has 0 nitrogen and oxygen atoms in total. The molecule has 1 aromatic rings. The Kier molecular flexibility index (Phi) is 6.56. The van der Waals surface area contributed by atoms with Gasteiger partial charge in [0.05, 0.1) is 0 Å². The van der Waals surface area contributed by atoms with Crippen molar-refractivity contribution in [3.05, 3.63) is 84.5 Å². The SMILES string of the molecule is C=C(/C=C\C=C/C)/C=C/CC(C)c1ccccc1. The van der Waals surface area contributed by atoms with Crippen LogP contribution in [-0.4, -0.2) is 0 Å². The Balaban J connectivity index is 2.43. The predicted octanol–water partition coefficient (Wildman–Crippen LogP) is 5.42. The van der Waals surface area contributed by atoms with Gasteiger partial charge >= 0.3 is 0 Å². The van der Waals surface area contributed by atoms with Crippen LogP contribution in [0.4, 0.5) is 0 Å².